The third kappa shape index (κ3) is 3.84. The summed E-state index contributed by atoms with van der Waals surface area (Å²) in [5.74, 6) is -0.361. The van der Waals surface area contributed by atoms with Crippen LogP contribution in [0, 0.1) is 12.7 Å². The molecule has 0 amide bonds. The van der Waals surface area contributed by atoms with Crippen molar-refractivity contribution in [2.24, 2.45) is 0 Å². The number of thiophene rings is 1. The molecule has 0 spiro atoms. The molecule has 0 radical (unpaired) electrons. The van der Waals surface area contributed by atoms with Gasteiger partial charge in [0.25, 0.3) is 10.0 Å². The second-order valence-electron chi connectivity index (χ2n) is 4.54. The van der Waals surface area contributed by atoms with Gasteiger partial charge in [0.15, 0.2) is 0 Å². The summed E-state index contributed by atoms with van der Waals surface area (Å²) < 4.78 is 41.2. The van der Waals surface area contributed by atoms with Gasteiger partial charge < -0.3 is 0 Å². The van der Waals surface area contributed by atoms with Crippen LogP contribution in [-0.4, -0.2) is 8.42 Å². The highest BCUT2D eigenvalue weighted by Gasteiger charge is 2.22. The fourth-order valence-electron chi connectivity index (χ4n) is 1.70. The van der Waals surface area contributed by atoms with Gasteiger partial charge in [-0.2, -0.15) is 0 Å². The molecule has 1 aromatic carbocycles. The average molecular weight is 413 g/mol. The van der Waals surface area contributed by atoms with E-state index < -0.39 is 16.1 Å². The molecule has 1 heterocycles. The van der Waals surface area contributed by atoms with Gasteiger partial charge in [-0.3, -0.25) is 0 Å². The van der Waals surface area contributed by atoms with E-state index in [4.69, 9.17) is 11.6 Å². The average Bonchev–Trinajstić information content (AvgIpc) is 2.73. The van der Waals surface area contributed by atoms with E-state index in [1.807, 2.05) is 0 Å². The molecule has 0 aliphatic rings. The summed E-state index contributed by atoms with van der Waals surface area (Å²) in [6, 6.07) is 5.47. The minimum absolute atomic E-state index is 0.110. The molecule has 2 aromatic rings. The fraction of sp³-hybridized carbons (Fsp3) is 0.231. The van der Waals surface area contributed by atoms with Crippen LogP contribution in [0.1, 0.15) is 24.1 Å². The van der Waals surface area contributed by atoms with Crippen LogP contribution in [0.25, 0.3) is 0 Å². The first kappa shape index (κ1) is 16.9. The van der Waals surface area contributed by atoms with Gasteiger partial charge in [0.1, 0.15) is 10.0 Å². The van der Waals surface area contributed by atoms with Crippen molar-refractivity contribution in [3.63, 3.8) is 0 Å². The third-order valence-corrected chi connectivity index (χ3v) is 7.40. The molecule has 8 heteroatoms. The van der Waals surface area contributed by atoms with Crippen LogP contribution in [-0.2, 0) is 10.0 Å². The molecular formula is C13H12BrClFNO2S2. The first-order valence-corrected chi connectivity index (χ1v) is 9.41. The Labute approximate surface area is 140 Å². The normalized spacial score (nSPS) is 13.4. The maximum Gasteiger partial charge on any atom is 0.250 e. The van der Waals surface area contributed by atoms with E-state index in [0.29, 0.717) is 19.9 Å². The summed E-state index contributed by atoms with van der Waals surface area (Å²) in [7, 11) is -3.70. The number of benzene rings is 1. The van der Waals surface area contributed by atoms with Crippen LogP contribution in [0.3, 0.4) is 0 Å². The number of halogens is 3. The third-order valence-electron chi connectivity index (χ3n) is 2.92. The SMILES string of the molecule is Cc1ccc(C(C)NS(=O)(=O)c2cc(Cl)c(Br)s2)cc1F. The smallest absolute Gasteiger partial charge is 0.207 e. The van der Waals surface area contributed by atoms with Crippen molar-refractivity contribution in [3.8, 4) is 0 Å². The number of rotatable bonds is 4. The Balaban J connectivity index is 2.25. The Morgan fingerprint density at radius 1 is 1.38 bits per heavy atom. The Bertz CT molecular complexity index is 757. The van der Waals surface area contributed by atoms with Gasteiger partial charge in [-0.25, -0.2) is 17.5 Å². The van der Waals surface area contributed by atoms with Gasteiger partial charge in [-0.1, -0.05) is 23.7 Å². The summed E-state index contributed by atoms with van der Waals surface area (Å²) in [6.45, 7) is 3.31. The Morgan fingerprint density at radius 3 is 2.57 bits per heavy atom. The second kappa shape index (κ2) is 6.34. The number of sulfonamides is 1. The first-order chi connectivity index (χ1) is 9.70. The van der Waals surface area contributed by atoms with Crippen molar-refractivity contribution >= 4 is 48.9 Å². The fourth-order valence-corrected chi connectivity index (χ4v) is 5.34. The summed E-state index contributed by atoms with van der Waals surface area (Å²) in [5, 5.41) is 0.342. The van der Waals surface area contributed by atoms with E-state index in [2.05, 4.69) is 20.7 Å². The topological polar surface area (TPSA) is 46.2 Å². The molecule has 0 aliphatic carbocycles. The molecule has 0 aliphatic heterocycles. The Kier molecular flexibility index (Phi) is 5.10. The number of hydrogen-bond donors (Lipinski definition) is 1. The molecule has 0 saturated heterocycles. The lowest BCUT2D eigenvalue weighted by Gasteiger charge is -2.14. The van der Waals surface area contributed by atoms with E-state index in [1.54, 1.807) is 26.0 Å². The van der Waals surface area contributed by atoms with E-state index in [-0.39, 0.29) is 10.0 Å². The Morgan fingerprint density at radius 2 is 2.05 bits per heavy atom. The summed E-state index contributed by atoms with van der Waals surface area (Å²) >= 11 is 10.1. The minimum Gasteiger partial charge on any atom is -0.207 e. The van der Waals surface area contributed by atoms with Crippen LogP contribution >= 0.6 is 38.9 Å². The first-order valence-electron chi connectivity index (χ1n) is 5.94. The maximum atomic E-state index is 13.6. The van der Waals surface area contributed by atoms with E-state index in [1.165, 1.54) is 12.1 Å². The van der Waals surface area contributed by atoms with Crippen LogP contribution < -0.4 is 4.72 Å². The molecule has 1 atom stereocenters. The molecule has 114 valence electrons. The van der Waals surface area contributed by atoms with Crippen molar-refractivity contribution < 1.29 is 12.8 Å². The predicted molar refractivity (Wildman–Crippen MR) is 86.9 cm³/mol. The van der Waals surface area contributed by atoms with Gasteiger partial charge in [0, 0.05) is 6.04 Å². The highest BCUT2D eigenvalue weighted by atomic mass is 79.9. The van der Waals surface area contributed by atoms with Crippen molar-refractivity contribution in [1.82, 2.24) is 4.72 Å². The van der Waals surface area contributed by atoms with Crippen LogP contribution in [0.5, 0.6) is 0 Å². The minimum atomic E-state index is -3.70. The number of hydrogen-bond acceptors (Lipinski definition) is 3. The highest BCUT2D eigenvalue weighted by Crippen LogP contribution is 2.35. The van der Waals surface area contributed by atoms with Crippen molar-refractivity contribution in [2.45, 2.75) is 24.1 Å². The van der Waals surface area contributed by atoms with Crippen molar-refractivity contribution in [3.05, 3.63) is 50.0 Å². The lowest BCUT2D eigenvalue weighted by atomic mass is 10.1. The van der Waals surface area contributed by atoms with Gasteiger partial charge in [-0.05, 0) is 53.0 Å². The maximum absolute atomic E-state index is 13.6. The zero-order chi connectivity index (χ0) is 15.8. The summed E-state index contributed by atoms with van der Waals surface area (Å²) in [5.41, 5.74) is 1.08. The molecule has 1 N–H and O–H groups in total. The molecule has 0 bridgehead atoms. The van der Waals surface area contributed by atoms with E-state index in [0.717, 1.165) is 11.3 Å². The summed E-state index contributed by atoms with van der Waals surface area (Å²) in [4.78, 5) is 0. The quantitative estimate of drug-likeness (QED) is 0.794. The lowest BCUT2D eigenvalue weighted by molar-refractivity contribution is 0.566. The van der Waals surface area contributed by atoms with Crippen molar-refractivity contribution in [2.75, 3.05) is 0 Å². The van der Waals surface area contributed by atoms with E-state index >= 15 is 0 Å². The molecule has 0 fully saturated rings. The molecule has 1 unspecified atom stereocenters. The lowest BCUT2D eigenvalue weighted by Crippen LogP contribution is -2.26. The molecule has 1 aromatic heterocycles. The van der Waals surface area contributed by atoms with Gasteiger partial charge in [-0.15, -0.1) is 11.3 Å². The predicted octanol–water partition coefficient (Wildman–Crippen LogP) is 4.65. The number of aryl methyl sites for hydroxylation is 1. The standard InChI is InChI=1S/C13H12BrClFNO2S2/c1-7-3-4-9(5-11(7)16)8(2)17-21(18,19)12-6-10(15)13(14)20-12/h3-6,8,17H,1-2H3. The molecule has 2 rings (SSSR count). The van der Waals surface area contributed by atoms with Crippen molar-refractivity contribution in [1.29, 1.82) is 0 Å². The molecular weight excluding hydrogens is 401 g/mol. The van der Waals surface area contributed by atoms with Crippen LogP contribution in [0.2, 0.25) is 5.02 Å². The molecule has 3 nitrogen and oxygen atoms in total. The van der Waals surface area contributed by atoms with Gasteiger partial charge in [0.2, 0.25) is 0 Å². The summed E-state index contributed by atoms with van der Waals surface area (Å²) in [6.07, 6.45) is 0. The molecule has 0 saturated carbocycles. The Hall–Kier alpha value is -0.470. The molecule has 21 heavy (non-hydrogen) atoms. The van der Waals surface area contributed by atoms with Crippen LogP contribution in [0.4, 0.5) is 4.39 Å². The zero-order valence-electron chi connectivity index (χ0n) is 11.2. The van der Waals surface area contributed by atoms with Gasteiger partial charge in [0.05, 0.1) is 8.81 Å². The number of nitrogens with one attached hydrogen (secondary N) is 1. The highest BCUT2D eigenvalue weighted by molar-refractivity contribution is 9.11. The largest absolute Gasteiger partial charge is 0.250 e. The monoisotopic (exact) mass is 411 g/mol. The zero-order valence-corrected chi connectivity index (χ0v) is 15.1. The van der Waals surface area contributed by atoms with Crippen LogP contribution in [0.15, 0.2) is 32.3 Å². The van der Waals surface area contributed by atoms with E-state index in [9.17, 15) is 12.8 Å². The van der Waals surface area contributed by atoms with Gasteiger partial charge >= 0.3 is 0 Å². The second-order valence-corrected chi connectivity index (χ2v) is 9.26.